The molecule has 3 heterocycles. The smallest absolute Gasteiger partial charge is 0.225 e. The Balaban J connectivity index is 0.000000774. The number of piperidine rings is 1. The maximum absolute atomic E-state index is 4.42. The van der Waals surface area contributed by atoms with Crippen molar-refractivity contribution in [1.82, 2.24) is 14.9 Å². The minimum atomic E-state index is 0.663. The summed E-state index contributed by atoms with van der Waals surface area (Å²) in [5, 5.41) is 0. The van der Waals surface area contributed by atoms with Crippen LogP contribution in [0.2, 0.25) is 0 Å². The monoisotopic (exact) mass is 290 g/mol. The largest absolute Gasteiger partial charge is 0.338 e. The van der Waals surface area contributed by atoms with Gasteiger partial charge in [-0.15, -0.1) is 0 Å². The molecule has 0 aliphatic carbocycles. The van der Waals surface area contributed by atoms with Crippen molar-refractivity contribution >= 4 is 5.95 Å². The van der Waals surface area contributed by atoms with Crippen LogP contribution in [0.25, 0.3) is 0 Å². The van der Waals surface area contributed by atoms with Gasteiger partial charge in [0.25, 0.3) is 0 Å². The van der Waals surface area contributed by atoms with Gasteiger partial charge in [-0.25, -0.2) is 9.97 Å². The first-order chi connectivity index (χ1) is 10.3. The van der Waals surface area contributed by atoms with Gasteiger partial charge in [-0.2, -0.15) is 0 Å². The highest BCUT2D eigenvalue weighted by Gasteiger charge is 2.29. The number of likely N-dealkylation sites (tertiary alicyclic amines) is 1. The molecule has 2 saturated heterocycles. The van der Waals surface area contributed by atoms with Crippen LogP contribution < -0.4 is 4.90 Å². The summed E-state index contributed by atoms with van der Waals surface area (Å²) in [4.78, 5) is 13.7. The van der Waals surface area contributed by atoms with Crippen molar-refractivity contribution in [2.45, 2.75) is 52.0 Å². The van der Waals surface area contributed by atoms with Gasteiger partial charge in [0.15, 0.2) is 0 Å². The number of hydrogen-bond acceptors (Lipinski definition) is 4. The molecule has 3 rings (SSSR count). The maximum atomic E-state index is 4.42. The summed E-state index contributed by atoms with van der Waals surface area (Å²) in [6, 6.07) is 2.56. The molecule has 0 bridgehead atoms. The van der Waals surface area contributed by atoms with Crippen molar-refractivity contribution in [1.29, 1.82) is 0 Å². The molecule has 1 atom stereocenters. The molecule has 0 radical (unpaired) electrons. The molecular formula is C17H30N4. The summed E-state index contributed by atoms with van der Waals surface area (Å²) < 4.78 is 0. The number of aromatic nitrogens is 2. The number of nitrogens with zero attached hydrogens (tertiary/aromatic N) is 4. The van der Waals surface area contributed by atoms with Crippen molar-refractivity contribution in [3.05, 3.63) is 18.5 Å². The molecule has 0 N–H and O–H groups in total. The van der Waals surface area contributed by atoms with Crippen molar-refractivity contribution in [2.75, 3.05) is 31.6 Å². The van der Waals surface area contributed by atoms with Crippen LogP contribution in [0.3, 0.4) is 0 Å². The maximum Gasteiger partial charge on any atom is 0.225 e. The zero-order valence-corrected chi connectivity index (χ0v) is 13.8. The second-order valence-corrected chi connectivity index (χ2v) is 6.02. The van der Waals surface area contributed by atoms with Crippen LogP contribution in [-0.4, -0.2) is 47.6 Å². The molecule has 21 heavy (non-hydrogen) atoms. The van der Waals surface area contributed by atoms with Crippen molar-refractivity contribution in [3.8, 4) is 0 Å². The topological polar surface area (TPSA) is 32.3 Å². The average Bonchev–Trinajstić information content (AvgIpc) is 3.01. The van der Waals surface area contributed by atoms with Crippen molar-refractivity contribution in [2.24, 2.45) is 5.92 Å². The number of hydrogen-bond donors (Lipinski definition) is 0. The fourth-order valence-corrected chi connectivity index (χ4v) is 3.47. The highest BCUT2D eigenvalue weighted by Crippen LogP contribution is 2.30. The molecule has 1 unspecified atom stereocenters. The van der Waals surface area contributed by atoms with Crippen molar-refractivity contribution < 1.29 is 0 Å². The Kier molecular flexibility index (Phi) is 6.43. The molecule has 0 spiro atoms. The Labute approximate surface area is 129 Å². The van der Waals surface area contributed by atoms with Crippen LogP contribution in [-0.2, 0) is 0 Å². The zero-order valence-electron chi connectivity index (χ0n) is 13.8. The third kappa shape index (κ3) is 4.40. The summed E-state index contributed by atoms with van der Waals surface area (Å²) in [6.07, 6.45) is 10.3. The van der Waals surface area contributed by atoms with E-state index < -0.39 is 0 Å². The predicted octanol–water partition coefficient (Wildman–Crippen LogP) is 3.20. The van der Waals surface area contributed by atoms with Crippen molar-refractivity contribution in [3.63, 3.8) is 0 Å². The Morgan fingerprint density at radius 1 is 1.05 bits per heavy atom. The van der Waals surface area contributed by atoms with E-state index in [-0.39, 0.29) is 0 Å². The Hall–Kier alpha value is -1.16. The molecule has 0 saturated carbocycles. The van der Waals surface area contributed by atoms with Crippen LogP contribution >= 0.6 is 0 Å². The summed E-state index contributed by atoms with van der Waals surface area (Å²) in [6.45, 7) is 7.65. The first-order valence-electron chi connectivity index (χ1n) is 8.55. The van der Waals surface area contributed by atoms with Gasteiger partial charge in [-0.05, 0) is 64.2 Å². The number of rotatable bonds is 3. The van der Waals surface area contributed by atoms with E-state index in [2.05, 4.69) is 26.8 Å². The second-order valence-electron chi connectivity index (χ2n) is 6.02. The van der Waals surface area contributed by atoms with Crippen LogP contribution in [0.1, 0.15) is 46.0 Å². The third-order valence-electron chi connectivity index (χ3n) is 4.63. The third-order valence-corrected chi connectivity index (χ3v) is 4.63. The standard InChI is InChI=1S/C15H24N4.C2H6/c1-18-10-5-13(6-11-18)12-14-4-2-9-19(14)15-16-7-3-8-17-15;1-2/h3,7-8,13-14H,2,4-6,9-12H2,1H3;1-2H3. The fourth-order valence-electron chi connectivity index (χ4n) is 3.47. The van der Waals surface area contributed by atoms with Crippen LogP contribution in [0.4, 0.5) is 5.95 Å². The summed E-state index contributed by atoms with van der Waals surface area (Å²) in [7, 11) is 2.23. The molecule has 2 aliphatic rings. The van der Waals surface area contributed by atoms with E-state index in [1.54, 1.807) is 0 Å². The van der Waals surface area contributed by atoms with Gasteiger partial charge in [0.05, 0.1) is 0 Å². The van der Waals surface area contributed by atoms with E-state index in [1.807, 2.05) is 32.3 Å². The normalized spacial score (nSPS) is 23.8. The minimum absolute atomic E-state index is 0.663. The summed E-state index contributed by atoms with van der Waals surface area (Å²) >= 11 is 0. The molecule has 0 aromatic carbocycles. The molecule has 0 amide bonds. The molecule has 4 heteroatoms. The summed E-state index contributed by atoms with van der Waals surface area (Å²) in [5.41, 5.74) is 0. The Morgan fingerprint density at radius 3 is 2.38 bits per heavy atom. The van der Waals surface area contributed by atoms with Gasteiger partial charge in [-0.3, -0.25) is 0 Å². The second kappa shape index (κ2) is 8.32. The van der Waals surface area contributed by atoms with Gasteiger partial charge in [0.1, 0.15) is 0 Å². The molecule has 1 aromatic heterocycles. The van der Waals surface area contributed by atoms with E-state index in [4.69, 9.17) is 0 Å². The first kappa shape index (κ1) is 16.2. The molecular weight excluding hydrogens is 260 g/mol. The van der Waals surface area contributed by atoms with E-state index in [0.29, 0.717) is 6.04 Å². The quantitative estimate of drug-likeness (QED) is 0.855. The van der Waals surface area contributed by atoms with Gasteiger partial charge >= 0.3 is 0 Å². The van der Waals surface area contributed by atoms with E-state index in [0.717, 1.165) is 18.4 Å². The lowest BCUT2D eigenvalue weighted by Crippen LogP contribution is -2.36. The van der Waals surface area contributed by atoms with Crippen LogP contribution in [0.15, 0.2) is 18.5 Å². The first-order valence-corrected chi connectivity index (χ1v) is 8.55. The van der Waals surface area contributed by atoms with Gasteiger partial charge in [-0.1, -0.05) is 13.8 Å². The summed E-state index contributed by atoms with van der Waals surface area (Å²) in [5.74, 6) is 1.82. The lowest BCUT2D eigenvalue weighted by molar-refractivity contribution is 0.205. The number of anilines is 1. The highest BCUT2D eigenvalue weighted by molar-refractivity contribution is 5.32. The lowest BCUT2D eigenvalue weighted by atomic mass is 9.89. The van der Waals surface area contributed by atoms with Gasteiger partial charge in [0.2, 0.25) is 5.95 Å². The molecule has 2 aliphatic heterocycles. The molecule has 1 aromatic rings. The van der Waals surface area contributed by atoms with Gasteiger partial charge < -0.3 is 9.80 Å². The van der Waals surface area contributed by atoms with Crippen LogP contribution in [0, 0.1) is 5.92 Å². The van der Waals surface area contributed by atoms with Crippen LogP contribution in [0.5, 0.6) is 0 Å². The highest BCUT2D eigenvalue weighted by atomic mass is 15.3. The van der Waals surface area contributed by atoms with E-state index in [9.17, 15) is 0 Å². The zero-order chi connectivity index (χ0) is 15.1. The fraction of sp³-hybridized carbons (Fsp3) is 0.765. The molecule has 118 valence electrons. The lowest BCUT2D eigenvalue weighted by Gasteiger charge is -2.33. The molecule has 4 nitrogen and oxygen atoms in total. The SMILES string of the molecule is CC.CN1CCC(CC2CCCN2c2ncccn2)CC1. The minimum Gasteiger partial charge on any atom is -0.338 e. The average molecular weight is 290 g/mol. The van der Waals surface area contributed by atoms with E-state index >= 15 is 0 Å². The van der Waals surface area contributed by atoms with Gasteiger partial charge in [0, 0.05) is 25.0 Å². The molecule has 2 fully saturated rings. The Morgan fingerprint density at radius 2 is 1.71 bits per heavy atom. The van der Waals surface area contributed by atoms with E-state index in [1.165, 1.54) is 45.2 Å². The predicted molar refractivity (Wildman–Crippen MR) is 88.6 cm³/mol. The Bertz CT molecular complexity index is 387.